The highest BCUT2D eigenvalue weighted by atomic mass is 35.5. The van der Waals surface area contributed by atoms with Gasteiger partial charge in [-0.3, -0.25) is 10.1 Å². The third kappa shape index (κ3) is 3.83. The van der Waals surface area contributed by atoms with Crippen molar-refractivity contribution in [1.29, 1.82) is 0 Å². The number of urea groups is 1. The van der Waals surface area contributed by atoms with E-state index in [1.807, 2.05) is 31.2 Å². The van der Waals surface area contributed by atoms with Crippen molar-refractivity contribution < 1.29 is 14.7 Å². The Morgan fingerprint density at radius 1 is 1.42 bits per heavy atom. The van der Waals surface area contributed by atoms with E-state index >= 15 is 0 Å². The Labute approximate surface area is 160 Å². The molecule has 1 fully saturated rings. The maximum atomic E-state index is 12.4. The number of aliphatic carboxylic acids is 1. The summed E-state index contributed by atoms with van der Waals surface area (Å²) in [7, 11) is 0. The van der Waals surface area contributed by atoms with Crippen LogP contribution in [0, 0.1) is 12.3 Å². The predicted molar refractivity (Wildman–Crippen MR) is 102 cm³/mol. The number of hydrogen-bond acceptors (Lipinski definition) is 4. The molecule has 0 saturated carbocycles. The van der Waals surface area contributed by atoms with Crippen LogP contribution in [-0.4, -0.2) is 40.1 Å². The van der Waals surface area contributed by atoms with Crippen molar-refractivity contribution >= 4 is 40.1 Å². The van der Waals surface area contributed by atoms with Gasteiger partial charge in [0.1, 0.15) is 0 Å². The van der Waals surface area contributed by atoms with Crippen LogP contribution in [0.5, 0.6) is 0 Å². The van der Waals surface area contributed by atoms with Gasteiger partial charge in [0.05, 0.1) is 11.1 Å². The molecule has 2 amide bonds. The van der Waals surface area contributed by atoms with Crippen molar-refractivity contribution in [3.05, 3.63) is 45.4 Å². The highest BCUT2D eigenvalue weighted by Crippen LogP contribution is 2.31. The second-order valence-corrected chi connectivity index (χ2v) is 8.25. The molecule has 1 aromatic heterocycles. The van der Waals surface area contributed by atoms with Crippen LogP contribution < -0.4 is 5.32 Å². The first kappa shape index (κ1) is 18.7. The van der Waals surface area contributed by atoms with Crippen LogP contribution in [0.1, 0.15) is 29.5 Å². The number of amides is 2. The largest absolute Gasteiger partial charge is 0.481 e. The highest BCUT2D eigenvalue weighted by Gasteiger charge is 2.42. The number of halogens is 1. The second kappa shape index (κ2) is 7.25. The standard InChI is InChI=1S/C18H20ClN3O3S/c1-11-14(9-12-5-3-4-6-13(12)19)26-16(20-11)21-17(25)22-8-7-18(2,10-22)15(23)24/h3-6H,7-10H2,1-2H3,(H,23,24)(H,20,21,25). The zero-order chi connectivity index (χ0) is 18.9. The summed E-state index contributed by atoms with van der Waals surface area (Å²) in [4.78, 5) is 30.7. The van der Waals surface area contributed by atoms with Gasteiger partial charge in [0.15, 0.2) is 5.13 Å². The summed E-state index contributed by atoms with van der Waals surface area (Å²) in [6.07, 6.45) is 1.10. The summed E-state index contributed by atoms with van der Waals surface area (Å²) in [5, 5.41) is 13.3. The Bertz CT molecular complexity index is 854. The molecule has 0 spiro atoms. The number of thiazole rings is 1. The Morgan fingerprint density at radius 2 is 2.15 bits per heavy atom. The van der Waals surface area contributed by atoms with E-state index in [-0.39, 0.29) is 12.6 Å². The first-order chi connectivity index (χ1) is 12.3. The molecule has 2 heterocycles. The maximum absolute atomic E-state index is 12.4. The monoisotopic (exact) mass is 393 g/mol. The summed E-state index contributed by atoms with van der Waals surface area (Å²) in [5.74, 6) is -0.875. The van der Waals surface area contributed by atoms with Crippen LogP contribution in [0.2, 0.25) is 5.02 Å². The number of carbonyl (C=O) groups is 2. The summed E-state index contributed by atoms with van der Waals surface area (Å²) in [6.45, 7) is 4.18. The summed E-state index contributed by atoms with van der Waals surface area (Å²) < 4.78 is 0. The molecule has 0 bridgehead atoms. The van der Waals surface area contributed by atoms with Crippen molar-refractivity contribution in [3.63, 3.8) is 0 Å². The van der Waals surface area contributed by atoms with Gasteiger partial charge in [0.2, 0.25) is 0 Å². The zero-order valence-corrected chi connectivity index (χ0v) is 16.2. The van der Waals surface area contributed by atoms with Crippen LogP contribution in [-0.2, 0) is 11.2 Å². The number of carboxylic acids is 1. The second-order valence-electron chi connectivity index (χ2n) is 6.76. The number of nitrogens with one attached hydrogen (secondary N) is 1. The molecule has 1 saturated heterocycles. The average molecular weight is 394 g/mol. The van der Waals surface area contributed by atoms with E-state index < -0.39 is 11.4 Å². The molecule has 8 heteroatoms. The Kier molecular flexibility index (Phi) is 5.20. The number of likely N-dealkylation sites (tertiary alicyclic amines) is 1. The number of carboxylic acid groups (broad SMARTS) is 1. The fraction of sp³-hybridized carbons (Fsp3) is 0.389. The number of carbonyl (C=O) groups excluding carboxylic acids is 1. The fourth-order valence-corrected chi connectivity index (χ4v) is 4.12. The molecular formula is C18H20ClN3O3S. The molecule has 138 valence electrons. The lowest BCUT2D eigenvalue weighted by Crippen LogP contribution is -2.37. The zero-order valence-electron chi connectivity index (χ0n) is 14.6. The van der Waals surface area contributed by atoms with E-state index in [9.17, 15) is 14.7 Å². The number of rotatable bonds is 4. The number of anilines is 1. The maximum Gasteiger partial charge on any atom is 0.323 e. The van der Waals surface area contributed by atoms with Crippen molar-refractivity contribution in [2.75, 3.05) is 18.4 Å². The lowest BCUT2D eigenvalue weighted by atomic mass is 9.90. The van der Waals surface area contributed by atoms with E-state index in [1.54, 1.807) is 6.92 Å². The molecule has 3 rings (SSSR count). The number of aryl methyl sites for hydroxylation is 1. The molecule has 1 aliphatic rings. The Hall–Kier alpha value is -2.12. The van der Waals surface area contributed by atoms with Gasteiger partial charge >= 0.3 is 12.0 Å². The van der Waals surface area contributed by atoms with Gasteiger partial charge in [-0.25, -0.2) is 9.78 Å². The predicted octanol–water partition coefficient (Wildman–Crippen LogP) is 4.02. The van der Waals surface area contributed by atoms with E-state index in [1.165, 1.54) is 16.2 Å². The number of nitrogens with zero attached hydrogens (tertiary/aromatic N) is 2. The molecule has 2 aromatic rings. The third-order valence-electron chi connectivity index (χ3n) is 4.69. The lowest BCUT2D eigenvalue weighted by Gasteiger charge is -2.19. The van der Waals surface area contributed by atoms with Gasteiger partial charge in [0, 0.05) is 29.4 Å². The molecule has 26 heavy (non-hydrogen) atoms. The third-order valence-corrected chi connectivity index (χ3v) is 6.13. The van der Waals surface area contributed by atoms with Gasteiger partial charge in [0.25, 0.3) is 0 Å². The number of benzene rings is 1. The first-order valence-electron chi connectivity index (χ1n) is 8.27. The van der Waals surface area contributed by atoms with Crippen molar-refractivity contribution in [2.45, 2.75) is 26.7 Å². The molecule has 1 atom stereocenters. The van der Waals surface area contributed by atoms with Crippen molar-refractivity contribution in [1.82, 2.24) is 9.88 Å². The summed E-state index contributed by atoms with van der Waals surface area (Å²) >= 11 is 7.63. The first-order valence-corrected chi connectivity index (χ1v) is 9.47. The van der Waals surface area contributed by atoms with E-state index in [4.69, 9.17) is 11.6 Å². The van der Waals surface area contributed by atoms with Crippen LogP contribution in [0.15, 0.2) is 24.3 Å². The summed E-state index contributed by atoms with van der Waals surface area (Å²) in [6, 6.07) is 7.33. The molecule has 1 aromatic carbocycles. The van der Waals surface area contributed by atoms with Gasteiger partial charge in [-0.15, -0.1) is 11.3 Å². The number of hydrogen-bond donors (Lipinski definition) is 2. The quantitative estimate of drug-likeness (QED) is 0.821. The smallest absolute Gasteiger partial charge is 0.323 e. The SMILES string of the molecule is Cc1nc(NC(=O)N2CCC(C)(C(=O)O)C2)sc1Cc1ccccc1Cl. The van der Waals surface area contributed by atoms with Gasteiger partial charge in [-0.05, 0) is 31.9 Å². The average Bonchev–Trinajstić information content (AvgIpc) is 3.14. The molecule has 6 nitrogen and oxygen atoms in total. The Balaban J connectivity index is 1.67. The van der Waals surface area contributed by atoms with Crippen LogP contribution in [0.3, 0.4) is 0 Å². The number of aromatic nitrogens is 1. The fourth-order valence-electron chi connectivity index (χ4n) is 2.94. The van der Waals surface area contributed by atoms with Crippen LogP contribution in [0.25, 0.3) is 0 Å². The van der Waals surface area contributed by atoms with Gasteiger partial charge in [-0.2, -0.15) is 0 Å². The summed E-state index contributed by atoms with van der Waals surface area (Å²) in [5.41, 5.74) is 0.975. The topological polar surface area (TPSA) is 82.5 Å². The van der Waals surface area contributed by atoms with E-state index in [0.29, 0.717) is 29.5 Å². The van der Waals surface area contributed by atoms with Crippen molar-refractivity contribution in [3.8, 4) is 0 Å². The molecular weight excluding hydrogens is 374 g/mol. The lowest BCUT2D eigenvalue weighted by molar-refractivity contribution is -0.146. The Morgan fingerprint density at radius 3 is 2.81 bits per heavy atom. The van der Waals surface area contributed by atoms with Crippen LogP contribution >= 0.6 is 22.9 Å². The van der Waals surface area contributed by atoms with Gasteiger partial charge in [-0.1, -0.05) is 29.8 Å². The minimum Gasteiger partial charge on any atom is -0.481 e. The molecule has 0 aliphatic carbocycles. The molecule has 0 radical (unpaired) electrons. The van der Waals surface area contributed by atoms with Crippen LogP contribution in [0.4, 0.5) is 9.93 Å². The van der Waals surface area contributed by atoms with E-state index in [2.05, 4.69) is 10.3 Å². The minimum atomic E-state index is -0.884. The van der Waals surface area contributed by atoms with Crippen molar-refractivity contribution in [2.24, 2.45) is 5.41 Å². The van der Waals surface area contributed by atoms with Gasteiger partial charge < -0.3 is 10.0 Å². The highest BCUT2D eigenvalue weighted by molar-refractivity contribution is 7.15. The molecule has 1 unspecified atom stereocenters. The normalized spacial score (nSPS) is 19.6. The molecule has 2 N–H and O–H groups in total. The van der Waals surface area contributed by atoms with E-state index in [0.717, 1.165) is 16.1 Å². The minimum absolute atomic E-state index is 0.199. The molecule has 1 aliphatic heterocycles.